The lowest BCUT2D eigenvalue weighted by Gasteiger charge is -2.22. The minimum atomic E-state index is -4.69. The normalized spacial score (nSPS) is 12.4. The van der Waals surface area contributed by atoms with E-state index in [0.29, 0.717) is 23.2 Å². The van der Waals surface area contributed by atoms with Crippen molar-refractivity contribution in [3.63, 3.8) is 0 Å². The largest absolute Gasteiger partial charge is 0.496 e. The van der Waals surface area contributed by atoms with Gasteiger partial charge in [-0.2, -0.15) is 13.2 Å². The third kappa shape index (κ3) is 4.15. The highest BCUT2D eigenvalue weighted by Gasteiger charge is 2.34. The van der Waals surface area contributed by atoms with Gasteiger partial charge in [-0.3, -0.25) is 10.1 Å². The number of nitro benzene ring substituents is 1. The molecule has 3 aromatic rings. The van der Waals surface area contributed by atoms with Crippen LogP contribution in [-0.4, -0.2) is 21.6 Å². The molecule has 0 saturated carbocycles. The molecule has 1 heterocycles. The molecular formula is C19H17F3N4O3. The molecule has 0 aliphatic heterocycles. The van der Waals surface area contributed by atoms with Gasteiger partial charge in [0.05, 0.1) is 17.6 Å². The lowest BCUT2D eigenvalue weighted by molar-refractivity contribution is -0.384. The number of para-hydroxylation sites is 1. The third-order valence-electron chi connectivity index (χ3n) is 4.39. The molecule has 3 rings (SSSR count). The Morgan fingerprint density at radius 2 is 1.97 bits per heavy atom. The molecule has 0 saturated heterocycles. The van der Waals surface area contributed by atoms with Crippen LogP contribution in [0.3, 0.4) is 0 Å². The Morgan fingerprint density at radius 3 is 2.55 bits per heavy atom. The molecule has 10 heteroatoms. The predicted molar refractivity (Wildman–Crippen MR) is 99.8 cm³/mol. The van der Waals surface area contributed by atoms with E-state index < -0.39 is 28.4 Å². The summed E-state index contributed by atoms with van der Waals surface area (Å²) in [4.78, 5) is 14.9. The number of anilines is 1. The van der Waals surface area contributed by atoms with Crippen molar-refractivity contribution in [1.82, 2.24) is 9.55 Å². The number of imidazole rings is 1. The molecule has 1 atom stereocenters. The first-order valence-corrected chi connectivity index (χ1v) is 8.44. The molecule has 0 aliphatic rings. The zero-order valence-corrected chi connectivity index (χ0v) is 15.5. The first-order valence-electron chi connectivity index (χ1n) is 8.44. The molecular weight excluding hydrogens is 389 g/mol. The van der Waals surface area contributed by atoms with Crippen LogP contribution in [0.4, 0.5) is 24.5 Å². The Bertz CT molecular complexity index is 1030. The Hall–Kier alpha value is -3.56. The van der Waals surface area contributed by atoms with Crippen LogP contribution in [0, 0.1) is 10.1 Å². The summed E-state index contributed by atoms with van der Waals surface area (Å²) in [5.41, 5.74) is -1.23. The zero-order chi connectivity index (χ0) is 21.2. The van der Waals surface area contributed by atoms with Crippen molar-refractivity contribution in [2.24, 2.45) is 7.05 Å². The van der Waals surface area contributed by atoms with Crippen molar-refractivity contribution in [1.29, 1.82) is 0 Å². The summed E-state index contributed by atoms with van der Waals surface area (Å²) in [6.07, 6.45) is -1.44. The van der Waals surface area contributed by atoms with E-state index in [9.17, 15) is 23.3 Å². The van der Waals surface area contributed by atoms with Gasteiger partial charge in [-0.05, 0) is 18.2 Å². The average Bonchev–Trinajstić information content (AvgIpc) is 3.10. The van der Waals surface area contributed by atoms with Crippen LogP contribution in [0.5, 0.6) is 5.75 Å². The zero-order valence-electron chi connectivity index (χ0n) is 15.5. The van der Waals surface area contributed by atoms with Crippen LogP contribution < -0.4 is 10.1 Å². The standard InChI is InChI=1S/C19H17F3N4O3/c1-25-10-9-23-18(25)17(13-5-3-4-6-16(13)29-2)24-14-8-7-12(19(20,21)22)11-15(14)26(27)28/h3-11,17,24H,1-2H3. The maximum atomic E-state index is 13.0. The van der Waals surface area contributed by atoms with Gasteiger partial charge >= 0.3 is 6.18 Å². The number of halogens is 3. The molecule has 0 aliphatic carbocycles. The number of aryl methyl sites for hydroxylation is 1. The Kier molecular flexibility index (Phi) is 5.44. The van der Waals surface area contributed by atoms with Crippen molar-refractivity contribution < 1.29 is 22.8 Å². The lowest BCUT2D eigenvalue weighted by Crippen LogP contribution is -2.18. The van der Waals surface area contributed by atoms with Gasteiger partial charge in [-0.15, -0.1) is 0 Å². The molecule has 0 fully saturated rings. The number of alkyl halides is 3. The molecule has 152 valence electrons. The van der Waals surface area contributed by atoms with E-state index in [1.807, 2.05) is 0 Å². The van der Waals surface area contributed by atoms with Crippen LogP contribution in [0.2, 0.25) is 0 Å². The van der Waals surface area contributed by atoms with E-state index in [0.717, 1.165) is 12.1 Å². The minimum absolute atomic E-state index is 0.0677. The molecule has 29 heavy (non-hydrogen) atoms. The number of nitro groups is 1. The van der Waals surface area contributed by atoms with E-state index in [4.69, 9.17) is 4.74 Å². The first-order chi connectivity index (χ1) is 13.7. The summed E-state index contributed by atoms with van der Waals surface area (Å²) in [5.74, 6) is 1.01. The van der Waals surface area contributed by atoms with Gasteiger partial charge in [0, 0.05) is 31.1 Å². The van der Waals surface area contributed by atoms with Gasteiger partial charge in [0.15, 0.2) is 0 Å². The second-order valence-electron chi connectivity index (χ2n) is 6.20. The van der Waals surface area contributed by atoms with E-state index in [1.54, 1.807) is 48.3 Å². The molecule has 0 radical (unpaired) electrons. The second kappa shape index (κ2) is 7.82. The average molecular weight is 406 g/mol. The van der Waals surface area contributed by atoms with Gasteiger partial charge in [0.2, 0.25) is 0 Å². The minimum Gasteiger partial charge on any atom is -0.496 e. The highest BCUT2D eigenvalue weighted by atomic mass is 19.4. The van der Waals surface area contributed by atoms with E-state index in [1.165, 1.54) is 7.11 Å². The van der Waals surface area contributed by atoms with Crippen LogP contribution >= 0.6 is 0 Å². The summed E-state index contributed by atoms with van der Waals surface area (Å²) in [7, 11) is 3.22. The summed E-state index contributed by atoms with van der Waals surface area (Å²) in [6.45, 7) is 0. The van der Waals surface area contributed by atoms with Crippen LogP contribution in [0.15, 0.2) is 54.9 Å². The predicted octanol–water partition coefficient (Wildman–Crippen LogP) is 4.56. The van der Waals surface area contributed by atoms with Crippen molar-refractivity contribution in [3.8, 4) is 5.75 Å². The summed E-state index contributed by atoms with van der Waals surface area (Å²) < 4.78 is 46.1. The monoisotopic (exact) mass is 406 g/mol. The van der Waals surface area contributed by atoms with Gasteiger partial charge in [-0.25, -0.2) is 4.98 Å². The molecule has 1 unspecified atom stereocenters. The van der Waals surface area contributed by atoms with Crippen molar-refractivity contribution in [3.05, 3.63) is 81.9 Å². The maximum absolute atomic E-state index is 13.0. The van der Waals surface area contributed by atoms with Crippen molar-refractivity contribution in [2.45, 2.75) is 12.2 Å². The number of methoxy groups -OCH3 is 1. The fourth-order valence-corrected chi connectivity index (χ4v) is 2.98. The molecule has 0 amide bonds. The molecule has 1 aromatic heterocycles. The van der Waals surface area contributed by atoms with E-state index in [2.05, 4.69) is 10.3 Å². The SMILES string of the molecule is COc1ccccc1C(Nc1ccc(C(F)(F)F)cc1[N+](=O)[O-])c1nccn1C. The van der Waals surface area contributed by atoms with Gasteiger partial charge < -0.3 is 14.6 Å². The van der Waals surface area contributed by atoms with Crippen molar-refractivity contribution >= 4 is 11.4 Å². The number of benzene rings is 2. The van der Waals surface area contributed by atoms with Crippen LogP contribution in [0.1, 0.15) is 23.0 Å². The second-order valence-corrected chi connectivity index (χ2v) is 6.20. The molecule has 0 spiro atoms. The number of hydrogen-bond acceptors (Lipinski definition) is 5. The molecule has 7 nitrogen and oxygen atoms in total. The number of nitrogens with zero attached hydrogens (tertiary/aromatic N) is 3. The van der Waals surface area contributed by atoms with Gasteiger partial charge in [0.25, 0.3) is 5.69 Å². The Morgan fingerprint density at radius 1 is 1.24 bits per heavy atom. The number of ether oxygens (including phenoxy) is 1. The van der Waals surface area contributed by atoms with Crippen LogP contribution in [-0.2, 0) is 13.2 Å². The first kappa shape index (κ1) is 20.2. The van der Waals surface area contributed by atoms with E-state index in [-0.39, 0.29) is 5.69 Å². The molecule has 2 aromatic carbocycles. The topological polar surface area (TPSA) is 82.2 Å². The molecule has 0 bridgehead atoms. The van der Waals surface area contributed by atoms with Crippen molar-refractivity contribution in [2.75, 3.05) is 12.4 Å². The number of hydrogen-bond donors (Lipinski definition) is 1. The Balaban J connectivity index is 2.12. The van der Waals surface area contributed by atoms with Crippen LogP contribution in [0.25, 0.3) is 0 Å². The fourth-order valence-electron chi connectivity index (χ4n) is 2.98. The third-order valence-corrected chi connectivity index (χ3v) is 4.39. The quantitative estimate of drug-likeness (QED) is 0.479. The molecule has 1 N–H and O–H groups in total. The number of rotatable bonds is 6. The fraction of sp³-hybridized carbons (Fsp3) is 0.211. The van der Waals surface area contributed by atoms with Gasteiger partial charge in [-0.1, -0.05) is 18.2 Å². The van der Waals surface area contributed by atoms with Gasteiger partial charge in [0.1, 0.15) is 23.3 Å². The van der Waals surface area contributed by atoms with E-state index >= 15 is 0 Å². The number of aromatic nitrogens is 2. The lowest BCUT2D eigenvalue weighted by atomic mass is 10.0. The maximum Gasteiger partial charge on any atom is 0.416 e. The Labute approximate surface area is 163 Å². The summed E-state index contributed by atoms with van der Waals surface area (Å²) in [6, 6.07) is 8.64. The summed E-state index contributed by atoms with van der Waals surface area (Å²) >= 11 is 0. The highest BCUT2D eigenvalue weighted by Crippen LogP contribution is 2.38. The highest BCUT2D eigenvalue weighted by molar-refractivity contribution is 5.65. The number of nitrogens with one attached hydrogen (secondary N) is 1. The smallest absolute Gasteiger partial charge is 0.416 e. The summed E-state index contributed by atoms with van der Waals surface area (Å²) in [5, 5.41) is 14.4.